The molecule has 0 radical (unpaired) electrons. The van der Waals surface area contributed by atoms with Crippen molar-refractivity contribution < 1.29 is 4.79 Å². The maximum absolute atomic E-state index is 13.0. The first-order valence-corrected chi connectivity index (χ1v) is 10.2. The molecule has 1 fully saturated rings. The van der Waals surface area contributed by atoms with Crippen LogP contribution < -0.4 is 9.80 Å². The lowest BCUT2D eigenvalue weighted by atomic mass is 9.97. The minimum atomic E-state index is -0.00792. The van der Waals surface area contributed by atoms with Crippen molar-refractivity contribution in [2.24, 2.45) is 4.99 Å². The van der Waals surface area contributed by atoms with Gasteiger partial charge in [-0.25, -0.2) is 4.79 Å². The molecule has 1 aromatic heterocycles. The van der Waals surface area contributed by atoms with E-state index >= 15 is 0 Å². The highest BCUT2D eigenvalue weighted by atomic mass is 16.2. The van der Waals surface area contributed by atoms with Crippen LogP contribution in [-0.4, -0.2) is 48.4 Å². The van der Waals surface area contributed by atoms with Crippen molar-refractivity contribution >= 4 is 28.3 Å². The van der Waals surface area contributed by atoms with Crippen molar-refractivity contribution in [1.82, 2.24) is 19.7 Å². The Morgan fingerprint density at radius 3 is 2.73 bits per heavy atom. The fourth-order valence-corrected chi connectivity index (χ4v) is 4.47. The number of amides is 1. The third kappa shape index (κ3) is 3.01. The minimum Gasteiger partial charge on any atom is -0.307 e. The molecule has 0 saturated carbocycles. The zero-order valence-electron chi connectivity index (χ0n) is 16.9. The summed E-state index contributed by atoms with van der Waals surface area (Å²) in [5.74, 6) is 0.742. The molecule has 6 heteroatoms. The zero-order valence-corrected chi connectivity index (χ0v) is 16.9. The van der Waals surface area contributed by atoms with Crippen LogP contribution in [0.25, 0.3) is 10.8 Å². The molecule has 5 rings (SSSR count). The number of benzene rings is 2. The monoisotopic (exact) mass is 398 g/mol. The van der Waals surface area contributed by atoms with E-state index in [1.54, 1.807) is 24.7 Å². The summed E-state index contributed by atoms with van der Waals surface area (Å²) in [6, 6.07) is 18.8. The molecule has 0 aliphatic carbocycles. The Balaban J connectivity index is 1.51. The van der Waals surface area contributed by atoms with Gasteiger partial charge in [-0.2, -0.15) is 9.48 Å². The molecule has 2 atom stereocenters. The molecule has 1 amide bonds. The summed E-state index contributed by atoms with van der Waals surface area (Å²) in [6.07, 6.45) is 6.61. The number of nitrogens with one attached hydrogen (secondary N) is 1. The first kappa shape index (κ1) is 18.7. The fourth-order valence-electron chi connectivity index (χ4n) is 4.47. The molecule has 150 valence electrons. The van der Waals surface area contributed by atoms with Crippen LogP contribution in [0.15, 0.2) is 84.3 Å². The Kier molecular flexibility index (Phi) is 4.65. The molecule has 1 N–H and O–H groups in total. The van der Waals surface area contributed by atoms with Crippen molar-refractivity contribution in [3.05, 3.63) is 84.8 Å². The molecule has 2 aliphatic rings. The SMILES string of the molecule is C[N+]1(c2ccncc2)C(=O)C=CN=C1N1CCNC(c2cccc3ccccc23)C1. The number of aromatic nitrogens is 1. The Morgan fingerprint density at radius 1 is 1.07 bits per heavy atom. The predicted octanol–water partition coefficient (Wildman–Crippen LogP) is 3.23. The molecular formula is C24H24N5O+. The number of fused-ring (bicyclic) bond motifs is 1. The molecule has 0 bridgehead atoms. The number of piperazine rings is 1. The second-order valence-corrected chi connectivity index (χ2v) is 7.82. The van der Waals surface area contributed by atoms with Crippen LogP contribution in [0.3, 0.4) is 0 Å². The van der Waals surface area contributed by atoms with E-state index in [1.165, 1.54) is 16.3 Å². The number of nitrogens with zero attached hydrogens (tertiary/aromatic N) is 4. The summed E-state index contributed by atoms with van der Waals surface area (Å²) in [5, 5.41) is 6.15. The zero-order chi connectivity index (χ0) is 20.6. The second-order valence-electron chi connectivity index (χ2n) is 7.82. The number of carbonyl (C=O) groups excluding carboxylic acids is 1. The molecule has 6 nitrogen and oxygen atoms in total. The van der Waals surface area contributed by atoms with E-state index in [-0.39, 0.29) is 16.4 Å². The van der Waals surface area contributed by atoms with Gasteiger partial charge in [-0.3, -0.25) is 4.98 Å². The van der Waals surface area contributed by atoms with Crippen LogP contribution in [0.1, 0.15) is 11.6 Å². The summed E-state index contributed by atoms with van der Waals surface area (Å²) in [6.45, 7) is 2.36. The lowest BCUT2D eigenvalue weighted by molar-refractivity contribution is -0.121. The quantitative estimate of drug-likeness (QED) is 0.674. The van der Waals surface area contributed by atoms with Crippen molar-refractivity contribution in [3.63, 3.8) is 0 Å². The highest BCUT2D eigenvalue weighted by molar-refractivity contribution is 6.15. The number of guanidine groups is 1. The highest BCUT2D eigenvalue weighted by Crippen LogP contribution is 2.30. The van der Waals surface area contributed by atoms with E-state index in [0.29, 0.717) is 0 Å². The first-order chi connectivity index (χ1) is 14.7. The molecule has 0 spiro atoms. The van der Waals surface area contributed by atoms with Gasteiger partial charge in [0.25, 0.3) is 0 Å². The molecule has 3 heterocycles. The van der Waals surface area contributed by atoms with Gasteiger partial charge in [0.1, 0.15) is 0 Å². The Bertz CT molecular complexity index is 1150. The van der Waals surface area contributed by atoms with E-state index in [2.05, 4.69) is 62.7 Å². The van der Waals surface area contributed by atoms with Crippen molar-refractivity contribution in [2.45, 2.75) is 6.04 Å². The number of pyridine rings is 1. The van der Waals surface area contributed by atoms with Crippen molar-refractivity contribution in [1.29, 1.82) is 0 Å². The number of hydrogen-bond donors (Lipinski definition) is 1. The van der Waals surface area contributed by atoms with Crippen LogP contribution in [0.2, 0.25) is 0 Å². The number of likely N-dealkylation sites (N-methyl/N-ethyl adjacent to an activating group) is 1. The summed E-state index contributed by atoms with van der Waals surface area (Å²) >= 11 is 0. The molecule has 2 aromatic carbocycles. The van der Waals surface area contributed by atoms with E-state index in [1.807, 2.05) is 19.2 Å². The number of hydrogen-bond acceptors (Lipinski definition) is 5. The number of carbonyl (C=O) groups is 1. The Hall–Kier alpha value is -3.35. The van der Waals surface area contributed by atoms with Gasteiger partial charge in [0.2, 0.25) is 0 Å². The lowest BCUT2D eigenvalue weighted by Crippen LogP contribution is -2.64. The topological polar surface area (TPSA) is 57.6 Å². The summed E-state index contributed by atoms with van der Waals surface area (Å²) < 4.78 is 0.0152. The van der Waals surface area contributed by atoms with Crippen LogP contribution in [0, 0.1) is 0 Å². The van der Waals surface area contributed by atoms with Crippen molar-refractivity contribution in [2.75, 3.05) is 26.7 Å². The van der Waals surface area contributed by atoms with Gasteiger partial charge in [0, 0.05) is 50.4 Å². The first-order valence-electron chi connectivity index (χ1n) is 10.2. The van der Waals surface area contributed by atoms with Gasteiger partial charge in [-0.15, -0.1) is 0 Å². The number of rotatable bonds is 2. The summed E-state index contributed by atoms with van der Waals surface area (Å²) in [5.41, 5.74) is 2.13. The van der Waals surface area contributed by atoms with E-state index < -0.39 is 0 Å². The number of quaternary nitrogens is 1. The Morgan fingerprint density at radius 2 is 1.87 bits per heavy atom. The molecule has 2 unspecified atom stereocenters. The average Bonchev–Trinajstić information content (AvgIpc) is 2.81. The minimum absolute atomic E-state index is 0.00792. The van der Waals surface area contributed by atoms with Gasteiger partial charge < -0.3 is 10.2 Å². The van der Waals surface area contributed by atoms with Gasteiger partial charge in [0.05, 0.1) is 19.2 Å². The summed E-state index contributed by atoms with van der Waals surface area (Å²) in [7, 11) is 1.91. The third-order valence-electron chi connectivity index (χ3n) is 6.08. The maximum atomic E-state index is 13.0. The lowest BCUT2D eigenvalue weighted by Gasteiger charge is -2.41. The molecular weight excluding hydrogens is 374 g/mol. The van der Waals surface area contributed by atoms with E-state index in [9.17, 15) is 4.79 Å². The van der Waals surface area contributed by atoms with Gasteiger partial charge in [-0.1, -0.05) is 42.5 Å². The standard InChI is InChI=1S/C24H24N5O/c1-29(19-9-12-25-13-10-19)23(30)11-14-27-24(29)28-16-15-26-22(17-28)21-8-4-6-18-5-2-3-7-20(18)21/h2-14,22,26H,15-17H2,1H3/q+1. The molecule has 30 heavy (non-hydrogen) atoms. The normalized spacial score (nSPS) is 24.2. The molecule has 2 aliphatic heterocycles. The van der Waals surface area contributed by atoms with Gasteiger partial charge in [-0.05, 0) is 16.3 Å². The van der Waals surface area contributed by atoms with Crippen LogP contribution in [0.4, 0.5) is 5.69 Å². The molecule has 3 aromatic rings. The summed E-state index contributed by atoms with van der Waals surface area (Å²) in [4.78, 5) is 24.1. The van der Waals surface area contributed by atoms with Gasteiger partial charge in [0.15, 0.2) is 5.69 Å². The van der Waals surface area contributed by atoms with Crippen LogP contribution in [0.5, 0.6) is 0 Å². The maximum Gasteiger partial charge on any atom is 0.352 e. The highest BCUT2D eigenvalue weighted by Gasteiger charge is 2.45. The smallest absolute Gasteiger partial charge is 0.307 e. The third-order valence-corrected chi connectivity index (χ3v) is 6.08. The second kappa shape index (κ2) is 7.48. The van der Waals surface area contributed by atoms with E-state index in [0.717, 1.165) is 31.3 Å². The largest absolute Gasteiger partial charge is 0.352 e. The van der Waals surface area contributed by atoms with Crippen molar-refractivity contribution in [3.8, 4) is 0 Å². The average molecular weight is 398 g/mol. The van der Waals surface area contributed by atoms with Gasteiger partial charge >= 0.3 is 11.9 Å². The van der Waals surface area contributed by atoms with Crippen LogP contribution in [-0.2, 0) is 4.79 Å². The van der Waals surface area contributed by atoms with E-state index in [4.69, 9.17) is 0 Å². The van der Waals surface area contributed by atoms with Crippen LogP contribution >= 0.6 is 0 Å². The molecule has 1 saturated heterocycles. The number of aliphatic imine (C=N–C) groups is 1. The fraction of sp³-hybridized carbons (Fsp3) is 0.208. The predicted molar refractivity (Wildman–Crippen MR) is 120 cm³/mol. The Labute approximate surface area is 175 Å².